The first-order chi connectivity index (χ1) is 11.6. The Morgan fingerprint density at radius 1 is 1.12 bits per heavy atom. The molecule has 0 aliphatic heterocycles. The summed E-state index contributed by atoms with van der Waals surface area (Å²) in [5, 5.41) is 3.88. The lowest BCUT2D eigenvalue weighted by Gasteiger charge is -2.15. The topological polar surface area (TPSA) is 71.0 Å². The van der Waals surface area contributed by atoms with Crippen LogP contribution in [0.1, 0.15) is 15.9 Å². The zero-order valence-electron chi connectivity index (χ0n) is 13.6. The molecule has 0 unspecified atom stereocenters. The molecule has 0 radical (unpaired) electrons. The third kappa shape index (κ3) is 4.95. The molecule has 2 amide bonds. The van der Waals surface area contributed by atoms with Gasteiger partial charge in [0.1, 0.15) is 12.3 Å². The zero-order chi connectivity index (χ0) is 17.4. The maximum absolute atomic E-state index is 12.1. The molecule has 0 aliphatic carbocycles. The molecule has 124 valence electrons. The van der Waals surface area contributed by atoms with Gasteiger partial charge in [-0.25, -0.2) is 5.43 Å². The van der Waals surface area contributed by atoms with Crippen molar-refractivity contribution in [2.24, 2.45) is 5.10 Å². The van der Waals surface area contributed by atoms with Crippen molar-refractivity contribution < 1.29 is 14.3 Å². The second kappa shape index (κ2) is 8.47. The third-order valence-corrected chi connectivity index (χ3v) is 3.27. The number of carbonyl (C=O) groups excluding carboxylic acids is 2. The molecule has 0 aromatic heterocycles. The molecule has 6 heteroatoms. The van der Waals surface area contributed by atoms with E-state index in [1.807, 2.05) is 18.2 Å². The van der Waals surface area contributed by atoms with E-state index >= 15 is 0 Å². The fraction of sp³-hybridized carbons (Fsp3) is 0.167. The number of carbonyl (C=O) groups is 2. The molecule has 0 heterocycles. The van der Waals surface area contributed by atoms with Crippen molar-refractivity contribution in [2.45, 2.75) is 0 Å². The Bertz CT molecular complexity index is 712. The van der Waals surface area contributed by atoms with Crippen molar-refractivity contribution in [3.05, 3.63) is 65.7 Å². The number of likely N-dealkylation sites (N-methyl/N-ethyl adjacent to an activating group) is 1. The second-order valence-electron chi connectivity index (χ2n) is 5.09. The van der Waals surface area contributed by atoms with Gasteiger partial charge in [0.25, 0.3) is 11.8 Å². The standard InChI is InChI=1S/C18H19N3O3/c1-21(18(23)15-6-4-3-5-7-15)13-17(22)20-19-12-14-8-10-16(24-2)11-9-14/h3-12H,13H2,1-2H3,(H,20,22)/b19-12-. The van der Waals surface area contributed by atoms with Crippen LogP contribution >= 0.6 is 0 Å². The summed E-state index contributed by atoms with van der Waals surface area (Å²) in [7, 11) is 3.17. The highest BCUT2D eigenvalue weighted by molar-refractivity contribution is 5.96. The van der Waals surface area contributed by atoms with Crippen LogP contribution in [0, 0.1) is 0 Å². The normalized spacial score (nSPS) is 10.4. The van der Waals surface area contributed by atoms with Crippen LogP contribution in [0.25, 0.3) is 0 Å². The summed E-state index contributed by atoms with van der Waals surface area (Å²) >= 11 is 0. The van der Waals surface area contributed by atoms with Crippen LogP contribution < -0.4 is 10.2 Å². The molecule has 24 heavy (non-hydrogen) atoms. The van der Waals surface area contributed by atoms with E-state index in [1.165, 1.54) is 11.1 Å². The van der Waals surface area contributed by atoms with Crippen molar-refractivity contribution in [1.82, 2.24) is 10.3 Å². The first-order valence-electron chi connectivity index (χ1n) is 7.36. The first kappa shape index (κ1) is 17.2. The number of ether oxygens (including phenoxy) is 1. The zero-order valence-corrected chi connectivity index (χ0v) is 13.6. The molecule has 0 aliphatic rings. The molecule has 2 rings (SSSR count). The van der Waals surface area contributed by atoms with Gasteiger partial charge in [-0.2, -0.15) is 5.10 Å². The maximum atomic E-state index is 12.1. The van der Waals surface area contributed by atoms with Crippen LogP contribution in [-0.2, 0) is 4.79 Å². The van der Waals surface area contributed by atoms with Crippen molar-refractivity contribution in [1.29, 1.82) is 0 Å². The highest BCUT2D eigenvalue weighted by Crippen LogP contribution is 2.09. The van der Waals surface area contributed by atoms with Crippen molar-refractivity contribution in [3.8, 4) is 5.75 Å². The number of methoxy groups -OCH3 is 1. The van der Waals surface area contributed by atoms with Crippen LogP contribution in [0.2, 0.25) is 0 Å². The minimum atomic E-state index is -0.369. The van der Waals surface area contributed by atoms with E-state index in [4.69, 9.17) is 4.74 Å². The Kier molecular flexibility index (Phi) is 6.08. The van der Waals surface area contributed by atoms with Gasteiger partial charge in [0.05, 0.1) is 13.3 Å². The summed E-state index contributed by atoms with van der Waals surface area (Å²) in [6.45, 7) is -0.0757. The van der Waals surface area contributed by atoms with Gasteiger partial charge in [-0.3, -0.25) is 9.59 Å². The van der Waals surface area contributed by atoms with Gasteiger partial charge < -0.3 is 9.64 Å². The van der Waals surface area contributed by atoms with Crippen LogP contribution in [-0.4, -0.2) is 43.6 Å². The number of hydrazone groups is 1. The third-order valence-electron chi connectivity index (χ3n) is 3.27. The largest absolute Gasteiger partial charge is 0.497 e. The number of amides is 2. The Morgan fingerprint density at radius 2 is 1.79 bits per heavy atom. The molecule has 2 aromatic carbocycles. The van der Waals surface area contributed by atoms with E-state index in [9.17, 15) is 9.59 Å². The molecule has 0 saturated heterocycles. The van der Waals surface area contributed by atoms with Crippen molar-refractivity contribution in [3.63, 3.8) is 0 Å². The van der Waals surface area contributed by atoms with Crippen LogP contribution in [0.5, 0.6) is 5.75 Å². The average Bonchev–Trinajstić information content (AvgIpc) is 2.62. The summed E-state index contributed by atoms with van der Waals surface area (Å²) in [6, 6.07) is 16.0. The quantitative estimate of drug-likeness (QED) is 0.651. The lowest BCUT2D eigenvalue weighted by molar-refractivity contribution is -0.121. The van der Waals surface area contributed by atoms with Gasteiger partial charge in [0.15, 0.2) is 0 Å². The molecule has 0 saturated carbocycles. The summed E-state index contributed by atoms with van der Waals surface area (Å²) in [4.78, 5) is 25.3. The van der Waals surface area contributed by atoms with Gasteiger partial charge in [-0.05, 0) is 42.0 Å². The summed E-state index contributed by atoms with van der Waals surface area (Å²) in [5.41, 5.74) is 3.76. The monoisotopic (exact) mass is 325 g/mol. The molecule has 0 atom stereocenters. The van der Waals surface area contributed by atoms with Gasteiger partial charge in [-0.15, -0.1) is 0 Å². The van der Waals surface area contributed by atoms with Gasteiger partial charge in [0.2, 0.25) is 0 Å². The van der Waals surface area contributed by atoms with Gasteiger partial charge >= 0.3 is 0 Å². The van der Waals surface area contributed by atoms with Crippen molar-refractivity contribution >= 4 is 18.0 Å². The predicted octanol–water partition coefficient (Wildman–Crippen LogP) is 1.92. The molecular formula is C18H19N3O3. The van der Waals surface area contributed by atoms with Crippen LogP contribution in [0.15, 0.2) is 59.7 Å². The second-order valence-corrected chi connectivity index (χ2v) is 5.09. The fourth-order valence-corrected chi connectivity index (χ4v) is 1.99. The molecular weight excluding hydrogens is 306 g/mol. The molecule has 2 aromatic rings. The maximum Gasteiger partial charge on any atom is 0.259 e. The SMILES string of the molecule is COc1ccc(/C=N\NC(=O)CN(C)C(=O)c2ccccc2)cc1. The highest BCUT2D eigenvalue weighted by Gasteiger charge is 2.13. The number of rotatable bonds is 6. The average molecular weight is 325 g/mol. The number of hydrogen-bond acceptors (Lipinski definition) is 4. The Balaban J connectivity index is 1.84. The first-order valence-corrected chi connectivity index (χ1v) is 7.36. The Hall–Kier alpha value is -3.15. The predicted molar refractivity (Wildman–Crippen MR) is 92.1 cm³/mol. The lowest BCUT2D eigenvalue weighted by Crippen LogP contribution is -2.36. The molecule has 6 nitrogen and oxygen atoms in total. The summed E-state index contributed by atoms with van der Waals surface area (Å²) in [6.07, 6.45) is 1.52. The number of nitrogens with one attached hydrogen (secondary N) is 1. The molecule has 0 fully saturated rings. The van der Waals surface area contributed by atoms with E-state index in [1.54, 1.807) is 50.6 Å². The van der Waals surface area contributed by atoms with E-state index in [-0.39, 0.29) is 18.4 Å². The molecule has 0 spiro atoms. The van der Waals surface area contributed by atoms with Crippen LogP contribution in [0.4, 0.5) is 0 Å². The Morgan fingerprint density at radius 3 is 2.42 bits per heavy atom. The Labute approximate surface area is 140 Å². The van der Waals surface area contributed by atoms with E-state index in [0.717, 1.165) is 11.3 Å². The number of hydrogen-bond donors (Lipinski definition) is 1. The number of nitrogens with zero attached hydrogens (tertiary/aromatic N) is 2. The van der Waals surface area contributed by atoms with Crippen molar-refractivity contribution in [2.75, 3.05) is 20.7 Å². The highest BCUT2D eigenvalue weighted by atomic mass is 16.5. The fourth-order valence-electron chi connectivity index (χ4n) is 1.99. The summed E-state index contributed by atoms with van der Waals surface area (Å²) < 4.78 is 5.06. The van der Waals surface area contributed by atoms with E-state index in [0.29, 0.717) is 5.56 Å². The molecule has 1 N–H and O–H groups in total. The smallest absolute Gasteiger partial charge is 0.259 e. The summed E-state index contributed by atoms with van der Waals surface area (Å²) in [5.74, 6) is 0.161. The van der Waals surface area contributed by atoms with E-state index in [2.05, 4.69) is 10.5 Å². The van der Waals surface area contributed by atoms with Gasteiger partial charge in [-0.1, -0.05) is 18.2 Å². The number of benzene rings is 2. The minimum absolute atomic E-state index is 0.0757. The van der Waals surface area contributed by atoms with E-state index < -0.39 is 0 Å². The van der Waals surface area contributed by atoms with Gasteiger partial charge in [0, 0.05) is 12.6 Å². The van der Waals surface area contributed by atoms with Crippen LogP contribution in [0.3, 0.4) is 0 Å². The lowest BCUT2D eigenvalue weighted by atomic mass is 10.2. The molecule has 0 bridgehead atoms. The minimum Gasteiger partial charge on any atom is -0.497 e.